The van der Waals surface area contributed by atoms with Crippen LogP contribution >= 0.6 is 0 Å². The Morgan fingerprint density at radius 2 is 2.19 bits per heavy atom. The molecule has 1 aromatic carbocycles. The SMILES string of the molecule is COc1cc(C)ccc1CN1C[C@@H]2CCCN2C(=O)[C@@H]1C. The Morgan fingerprint density at radius 1 is 1.38 bits per heavy atom. The Labute approximate surface area is 126 Å². The van der Waals surface area contributed by atoms with Crippen LogP contribution in [-0.4, -0.2) is 48.0 Å². The minimum absolute atomic E-state index is 0.0367. The van der Waals surface area contributed by atoms with Gasteiger partial charge in [-0.15, -0.1) is 0 Å². The summed E-state index contributed by atoms with van der Waals surface area (Å²) in [6.07, 6.45) is 2.28. The number of methoxy groups -OCH3 is 1. The maximum atomic E-state index is 12.5. The van der Waals surface area contributed by atoms with E-state index in [2.05, 4.69) is 34.9 Å². The van der Waals surface area contributed by atoms with E-state index in [1.54, 1.807) is 7.11 Å². The van der Waals surface area contributed by atoms with Crippen LogP contribution in [0.4, 0.5) is 0 Å². The molecule has 2 atom stereocenters. The molecule has 0 aromatic heterocycles. The molecular weight excluding hydrogens is 264 g/mol. The Balaban J connectivity index is 1.79. The van der Waals surface area contributed by atoms with Crippen molar-refractivity contribution in [3.8, 4) is 5.75 Å². The molecule has 4 heteroatoms. The summed E-state index contributed by atoms with van der Waals surface area (Å²) in [5.74, 6) is 1.21. The van der Waals surface area contributed by atoms with Gasteiger partial charge in [0, 0.05) is 31.2 Å². The Hall–Kier alpha value is -1.55. The van der Waals surface area contributed by atoms with E-state index in [1.165, 1.54) is 5.56 Å². The van der Waals surface area contributed by atoms with Gasteiger partial charge in [-0.2, -0.15) is 0 Å². The fourth-order valence-electron chi connectivity index (χ4n) is 3.54. The smallest absolute Gasteiger partial charge is 0.239 e. The van der Waals surface area contributed by atoms with Crippen LogP contribution in [0.15, 0.2) is 18.2 Å². The van der Waals surface area contributed by atoms with Gasteiger partial charge in [0.25, 0.3) is 0 Å². The normalized spacial score (nSPS) is 26.0. The van der Waals surface area contributed by atoms with E-state index in [1.807, 2.05) is 6.92 Å². The van der Waals surface area contributed by atoms with E-state index >= 15 is 0 Å². The largest absolute Gasteiger partial charge is 0.496 e. The number of carbonyl (C=O) groups excluding carboxylic acids is 1. The van der Waals surface area contributed by atoms with Crippen LogP contribution < -0.4 is 4.74 Å². The van der Waals surface area contributed by atoms with E-state index < -0.39 is 0 Å². The van der Waals surface area contributed by atoms with E-state index in [9.17, 15) is 4.79 Å². The maximum Gasteiger partial charge on any atom is 0.239 e. The topological polar surface area (TPSA) is 32.8 Å². The summed E-state index contributed by atoms with van der Waals surface area (Å²) in [4.78, 5) is 16.8. The second-order valence-corrected chi connectivity index (χ2v) is 6.25. The summed E-state index contributed by atoms with van der Waals surface area (Å²) in [5, 5.41) is 0. The number of amides is 1. The molecule has 114 valence electrons. The second kappa shape index (κ2) is 5.68. The van der Waals surface area contributed by atoms with Gasteiger partial charge in [0.15, 0.2) is 0 Å². The average molecular weight is 288 g/mol. The van der Waals surface area contributed by atoms with Crippen molar-refractivity contribution in [3.63, 3.8) is 0 Å². The molecule has 2 aliphatic rings. The number of rotatable bonds is 3. The fraction of sp³-hybridized carbons (Fsp3) is 0.588. The van der Waals surface area contributed by atoms with Gasteiger partial charge in [-0.05, 0) is 38.3 Å². The Morgan fingerprint density at radius 3 is 2.95 bits per heavy atom. The lowest BCUT2D eigenvalue weighted by atomic mass is 10.0. The van der Waals surface area contributed by atoms with Crippen molar-refractivity contribution in [2.75, 3.05) is 20.2 Å². The van der Waals surface area contributed by atoms with Gasteiger partial charge < -0.3 is 9.64 Å². The van der Waals surface area contributed by atoms with Crippen LogP contribution in [0.3, 0.4) is 0 Å². The van der Waals surface area contributed by atoms with E-state index in [-0.39, 0.29) is 11.9 Å². The minimum atomic E-state index is -0.0367. The monoisotopic (exact) mass is 288 g/mol. The highest BCUT2D eigenvalue weighted by Gasteiger charge is 2.40. The number of piperazine rings is 1. The number of ether oxygens (including phenoxy) is 1. The minimum Gasteiger partial charge on any atom is -0.496 e. The van der Waals surface area contributed by atoms with Gasteiger partial charge in [-0.1, -0.05) is 12.1 Å². The van der Waals surface area contributed by atoms with Crippen molar-refractivity contribution in [1.82, 2.24) is 9.80 Å². The number of hydrogen-bond donors (Lipinski definition) is 0. The molecule has 2 aliphatic heterocycles. The number of hydrogen-bond acceptors (Lipinski definition) is 3. The highest BCUT2D eigenvalue weighted by molar-refractivity contribution is 5.83. The van der Waals surface area contributed by atoms with Crippen molar-refractivity contribution >= 4 is 5.91 Å². The van der Waals surface area contributed by atoms with Crippen molar-refractivity contribution in [1.29, 1.82) is 0 Å². The molecule has 2 saturated heterocycles. The van der Waals surface area contributed by atoms with Crippen LogP contribution in [-0.2, 0) is 11.3 Å². The first-order valence-corrected chi connectivity index (χ1v) is 7.78. The number of carbonyl (C=O) groups is 1. The van der Waals surface area contributed by atoms with Crippen LogP contribution in [0, 0.1) is 6.92 Å². The van der Waals surface area contributed by atoms with Crippen molar-refractivity contribution in [3.05, 3.63) is 29.3 Å². The van der Waals surface area contributed by atoms with Gasteiger partial charge in [0.05, 0.1) is 13.2 Å². The third-order valence-corrected chi connectivity index (χ3v) is 4.83. The molecule has 0 bridgehead atoms. The zero-order valence-electron chi connectivity index (χ0n) is 13.1. The molecule has 0 unspecified atom stereocenters. The fourth-order valence-corrected chi connectivity index (χ4v) is 3.54. The van der Waals surface area contributed by atoms with Crippen LogP contribution in [0.2, 0.25) is 0 Å². The third kappa shape index (κ3) is 2.64. The molecule has 2 heterocycles. The molecule has 0 aliphatic carbocycles. The lowest BCUT2D eigenvalue weighted by molar-refractivity contribution is -0.143. The quantitative estimate of drug-likeness (QED) is 0.855. The highest BCUT2D eigenvalue weighted by atomic mass is 16.5. The molecule has 3 rings (SSSR count). The van der Waals surface area contributed by atoms with Gasteiger partial charge in [0.2, 0.25) is 5.91 Å². The first kappa shape index (κ1) is 14.4. The predicted molar refractivity (Wildman–Crippen MR) is 82.3 cm³/mol. The molecule has 21 heavy (non-hydrogen) atoms. The summed E-state index contributed by atoms with van der Waals surface area (Å²) < 4.78 is 5.49. The number of benzene rings is 1. The summed E-state index contributed by atoms with van der Waals surface area (Å²) in [7, 11) is 1.71. The van der Waals surface area contributed by atoms with E-state index in [0.29, 0.717) is 6.04 Å². The number of nitrogens with zero attached hydrogens (tertiary/aromatic N) is 2. The molecule has 2 fully saturated rings. The second-order valence-electron chi connectivity index (χ2n) is 6.25. The predicted octanol–water partition coefficient (Wildman–Crippen LogP) is 2.20. The lowest BCUT2D eigenvalue weighted by Gasteiger charge is -2.41. The standard InChI is InChI=1S/C17H24N2O2/c1-12-6-7-14(16(9-12)21-3)10-18-11-15-5-4-8-19(15)17(20)13(18)2/h6-7,9,13,15H,4-5,8,10-11H2,1-3H3/t13-,15-/m0/s1. The van der Waals surface area contributed by atoms with Gasteiger partial charge in [-0.25, -0.2) is 0 Å². The molecule has 0 saturated carbocycles. The molecule has 4 nitrogen and oxygen atoms in total. The summed E-state index contributed by atoms with van der Waals surface area (Å²) in [6, 6.07) is 6.66. The summed E-state index contributed by atoms with van der Waals surface area (Å²) in [5.41, 5.74) is 2.36. The number of fused-ring (bicyclic) bond motifs is 1. The van der Waals surface area contributed by atoms with Crippen LogP contribution in [0.5, 0.6) is 5.75 Å². The van der Waals surface area contributed by atoms with Crippen molar-refractivity contribution in [2.24, 2.45) is 0 Å². The van der Waals surface area contributed by atoms with E-state index in [0.717, 1.165) is 43.8 Å². The number of aryl methyl sites for hydroxylation is 1. The Bertz CT molecular complexity index is 544. The van der Waals surface area contributed by atoms with Gasteiger partial charge in [0.1, 0.15) is 5.75 Å². The zero-order chi connectivity index (χ0) is 15.0. The molecule has 0 N–H and O–H groups in total. The molecule has 0 radical (unpaired) electrons. The van der Waals surface area contributed by atoms with Crippen LogP contribution in [0.25, 0.3) is 0 Å². The Kier molecular flexibility index (Phi) is 3.89. The summed E-state index contributed by atoms with van der Waals surface area (Å²) in [6.45, 7) is 6.79. The average Bonchev–Trinajstić information content (AvgIpc) is 2.94. The molecule has 1 aromatic rings. The summed E-state index contributed by atoms with van der Waals surface area (Å²) >= 11 is 0. The third-order valence-electron chi connectivity index (χ3n) is 4.83. The van der Waals surface area contributed by atoms with Gasteiger partial charge >= 0.3 is 0 Å². The maximum absolute atomic E-state index is 12.5. The van der Waals surface area contributed by atoms with Crippen LogP contribution in [0.1, 0.15) is 30.9 Å². The highest BCUT2D eigenvalue weighted by Crippen LogP contribution is 2.29. The molecular formula is C17H24N2O2. The molecule has 0 spiro atoms. The molecule has 1 amide bonds. The van der Waals surface area contributed by atoms with Crippen molar-refractivity contribution in [2.45, 2.75) is 45.3 Å². The lowest BCUT2D eigenvalue weighted by Crippen LogP contribution is -2.58. The van der Waals surface area contributed by atoms with Gasteiger partial charge in [-0.3, -0.25) is 9.69 Å². The van der Waals surface area contributed by atoms with E-state index in [4.69, 9.17) is 4.74 Å². The zero-order valence-corrected chi connectivity index (χ0v) is 13.1. The first-order chi connectivity index (χ1) is 10.1. The first-order valence-electron chi connectivity index (χ1n) is 7.78. The van der Waals surface area contributed by atoms with Crippen molar-refractivity contribution < 1.29 is 9.53 Å².